The summed E-state index contributed by atoms with van der Waals surface area (Å²) in [6.45, 7) is 0.712. The highest BCUT2D eigenvalue weighted by atomic mass is 16.3. The number of rotatable bonds is 4. The molecule has 0 radical (unpaired) electrons. The van der Waals surface area contributed by atoms with Crippen molar-refractivity contribution in [1.29, 1.82) is 0 Å². The van der Waals surface area contributed by atoms with Crippen molar-refractivity contribution in [2.75, 3.05) is 11.9 Å². The second-order valence-electron chi connectivity index (χ2n) is 10.9. The topological polar surface area (TPSA) is 68.8 Å². The minimum atomic E-state index is 0.591. The Hall–Kier alpha value is -6.01. The standard InChI is InChI=1S/C38H25N5O/c1-3-12-24(13-4-1)35-40-36(25-14-5-2-6-15-25)42-37(41-35)30-22-26(23-33-34(30)29-18-11-21-39-38(29)44-33)43-31-19-9-7-16-27(31)28-17-8-10-20-32(28)43/h1-20,22-23,39H,21H2. The maximum atomic E-state index is 6.50. The van der Waals surface area contributed by atoms with Crippen LogP contribution in [-0.4, -0.2) is 26.1 Å². The van der Waals surface area contributed by atoms with Gasteiger partial charge in [-0.3, -0.25) is 0 Å². The predicted octanol–water partition coefficient (Wildman–Crippen LogP) is 9.15. The molecule has 1 aliphatic rings. The first-order valence-electron chi connectivity index (χ1n) is 14.7. The van der Waals surface area contributed by atoms with E-state index in [0.29, 0.717) is 24.0 Å². The predicted molar refractivity (Wildman–Crippen MR) is 178 cm³/mol. The van der Waals surface area contributed by atoms with Crippen molar-refractivity contribution in [3.05, 3.63) is 133 Å². The molecular weight excluding hydrogens is 542 g/mol. The van der Waals surface area contributed by atoms with E-state index in [0.717, 1.165) is 55.8 Å². The van der Waals surface area contributed by atoms with Gasteiger partial charge in [-0.05, 0) is 18.2 Å². The molecule has 8 aromatic rings. The van der Waals surface area contributed by atoms with Crippen LogP contribution < -0.4 is 5.32 Å². The van der Waals surface area contributed by atoms with Gasteiger partial charge < -0.3 is 14.3 Å². The fourth-order valence-electron chi connectivity index (χ4n) is 6.29. The molecule has 5 aromatic carbocycles. The number of nitrogens with one attached hydrogen (secondary N) is 1. The summed E-state index contributed by atoms with van der Waals surface area (Å²) < 4.78 is 8.80. The fraction of sp³-hybridized carbons (Fsp3) is 0.0263. The summed E-state index contributed by atoms with van der Waals surface area (Å²) >= 11 is 0. The second-order valence-corrected chi connectivity index (χ2v) is 10.9. The van der Waals surface area contributed by atoms with Crippen LogP contribution in [0.1, 0.15) is 5.56 Å². The number of nitrogens with zero attached hydrogens (tertiary/aromatic N) is 4. The molecule has 0 amide bonds. The minimum Gasteiger partial charge on any atom is -0.440 e. The average molecular weight is 568 g/mol. The Balaban J connectivity index is 1.38. The molecule has 0 spiro atoms. The van der Waals surface area contributed by atoms with Gasteiger partial charge in [0.15, 0.2) is 17.5 Å². The SMILES string of the molecule is C1=Cc2c(oc3cc(-n4c5ccccc5c5ccccc54)cc(-c4nc(-c5ccccc5)nc(-c5ccccc5)n4)c23)NC1. The first kappa shape index (κ1) is 24.6. The highest BCUT2D eigenvalue weighted by Gasteiger charge is 2.23. The second kappa shape index (κ2) is 9.78. The quantitative estimate of drug-likeness (QED) is 0.230. The Kier molecular flexibility index (Phi) is 5.46. The molecular formula is C38H25N5O. The fourth-order valence-corrected chi connectivity index (χ4v) is 6.29. The Bertz CT molecular complexity index is 2280. The molecule has 6 nitrogen and oxygen atoms in total. The molecule has 0 atom stereocenters. The van der Waals surface area contributed by atoms with Gasteiger partial charge in [-0.1, -0.05) is 109 Å². The van der Waals surface area contributed by atoms with Crippen molar-refractivity contribution in [3.63, 3.8) is 0 Å². The first-order chi connectivity index (χ1) is 21.8. The van der Waals surface area contributed by atoms with E-state index in [9.17, 15) is 0 Å². The number of para-hydroxylation sites is 2. The monoisotopic (exact) mass is 567 g/mol. The molecule has 0 aliphatic carbocycles. The number of anilines is 1. The van der Waals surface area contributed by atoms with Gasteiger partial charge in [0.05, 0.1) is 16.7 Å². The van der Waals surface area contributed by atoms with Crippen molar-refractivity contribution >= 4 is 44.7 Å². The Labute approximate surface area is 253 Å². The molecule has 0 bridgehead atoms. The van der Waals surface area contributed by atoms with Crippen molar-refractivity contribution in [2.24, 2.45) is 0 Å². The maximum absolute atomic E-state index is 6.50. The largest absolute Gasteiger partial charge is 0.440 e. The summed E-state index contributed by atoms with van der Waals surface area (Å²) in [6, 6.07) is 41.5. The van der Waals surface area contributed by atoms with Gasteiger partial charge in [0.25, 0.3) is 0 Å². The number of hydrogen-bond acceptors (Lipinski definition) is 5. The van der Waals surface area contributed by atoms with E-state index in [4.69, 9.17) is 19.4 Å². The minimum absolute atomic E-state index is 0.591. The molecule has 1 aliphatic heterocycles. The van der Waals surface area contributed by atoms with Crippen LogP contribution in [0.2, 0.25) is 0 Å². The van der Waals surface area contributed by atoms with Crippen molar-refractivity contribution in [2.45, 2.75) is 0 Å². The number of benzene rings is 5. The first-order valence-corrected chi connectivity index (χ1v) is 14.7. The molecule has 0 saturated heterocycles. The lowest BCUT2D eigenvalue weighted by atomic mass is 10.0. The van der Waals surface area contributed by atoms with E-state index in [-0.39, 0.29) is 0 Å². The van der Waals surface area contributed by atoms with Crippen LogP contribution in [0.3, 0.4) is 0 Å². The molecule has 1 N–H and O–H groups in total. The van der Waals surface area contributed by atoms with E-state index in [1.807, 2.05) is 60.7 Å². The number of furan rings is 1. The third-order valence-electron chi connectivity index (χ3n) is 8.26. The maximum Gasteiger partial charge on any atom is 0.201 e. The number of aromatic nitrogens is 4. The van der Waals surface area contributed by atoms with Crippen LogP contribution in [0.4, 0.5) is 5.88 Å². The number of hydrogen-bond donors (Lipinski definition) is 1. The Morgan fingerprint density at radius 2 is 1.18 bits per heavy atom. The van der Waals surface area contributed by atoms with Gasteiger partial charge in [-0.25, -0.2) is 15.0 Å². The van der Waals surface area contributed by atoms with Crippen LogP contribution in [0.5, 0.6) is 0 Å². The Morgan fingerprint density at radius 1 is 0.614 bits per heavy atom. The van der Waals surface area contributed by atoms with E-state index in [2.05, 4.69) is 82.7 Å². The highest BCUT2D eigenvalue weighted by molar-refractivity contribution is 6.10. The van der Waals surface area contributed by atoms with Crippen LogP contribution in [0, 0.1) is 0 Å². The summed E-state index contributed by atoms with van der Waals surface area (Å²) in [5, 5.41) is 6.77. The molecule has 4 heterocycles. The Morgan fingerprint density at radius 3 is 1.82 bits per heavy atom. The summed E-state index contributed by atoms with van der Waals surface area (Å²) in [5.74, 6) is 2.59. The molecule has 0 fully saturated rings. The van der Waals surface area contributed by atoms with Crippen LogP contribution in [-0.2, 0) is 0 Å². The normalized spacial score (nSPS) is 12.5. The molecule has 208 valence electrons. The van der Waals surface area contributed by atoms with E-state index in [1.54, 1.807) is 0 Å². The van der Waals surface area contributed by atoms with Gasteiger partial charge in [0.2, 0.25) is 5.88 Å². The lowest BCUT2D eigenvalue weighted by molar-refractivity contribution is 0.628. The van der Waals surface area contributed by atoms with Gasteiger partial charge >= 0.3 is 0 Å². The van der Waals surface area contributed by atoms with Crippen LogP contribution >= 0.6 is 0 Å². The summed E-state index contributed by atoms with van der Waals surface area (Å²) in [6.07, 6.45) is 4.23. The zero-order valence-electron chi connectivity index (χ0n) is 23.6. The molecule has 3 aromatic heterocycles. The summed E-state index contributed by atoms with van der Waals surface area (Å²) in [7, 11) is 0. The molecule has 6 heteroatoms. The lowest BCUT2D eigenvalue weighted by Crippen LogP contribution is -2.03. The van der Waals surface area contributed by atoms with Crippen molar-refractivity contribution in [3.8, 4) is 39.9 Å². The van der Waals surface area contributed by atoms with Crippen LogP contribution in [0.15, 0.2) is 132 Å². The third-order valence-corrected chi connectivity index (χ3v) is 8.26. The summed E-state index contributed by atoms with van der Waals surface area (Å²) in [5.41, 5.74) is 7.73. The smallest absolute Gasteiger partial charge is 0.201 e. The zero-order chi connectivity index (χ0) is 29.0. The molecule has 44 heavy (non-hydrogen) atoms. The van der Waals surface area contributed by atoms with E-state index in [1.165, 1.54) is 10.8 Å². The van der Waals surface area contributed by atoms with Gasteiger partial charge in [-0.15, -0.1) is 0 Å². The number of fused-ring (bicyclic) bond motifs is 6. The van der Waals surface area contributed by atoms with Gasteiger partial charge in [0.1, 0.15) is 5.58 Å². The van der Waals surface area contributed by atoms with Crippen LogP contribution in [0.25, 0.3) is 78.7 Å². The van der Waals surface area contributed by atoms with E-state index < -0.39 is 0 Å². The van der Waals surface area contributed by atoms with Crippen molar-refractivity contribution < 1.29 is 4.42 Å². The third kappa shape index (κ3) is 3.85. The molecule has 0 saturated carbocycles. The van der Waals surface area contributed by atoms with Crippen molar-refractivity contribution in [1.82, 2.24) is 19.5 Å². The van der Waals surface area contributed by atoms with Gasteiger partial charge in [-0.2, -0.15) is 0 Å². The molecule has 0 unspecified atom stereocenters. The summed E-state index contributed by atoms with van der Waals surface area (Å²) in [4.78, 5) is 15.1. The average Bonchev–Trinajstić information content (AvgIpc) is 3.64. The lowest BCUT2D eigenvalue weighted by Gasteiger charge is -2.13. The molecule has 9 rings (SSSR count). The highest BCUT2D eigenvalue weighted by Crippen LogP contribution is 2.42. The van der Waals surface area contributed by atoms with E-state index >= 15 is 0 Å². The zero-order valence-corrected chi connectivity index (χ0v) is 23.6. The van der Waals surface area contributed by atoms with Gasteiger partial charge in [0, 0.05) is 51.0 Å².